The van der Waals surface area contributed by atoms with Crippen LogP contribution in [0.5, 0.6) is 5.75 Å². The maximum atomic E-state index is 12.8. The van der Waals surface area contributed by atoms with Gasteiger partial charge in [0.25, 0.3) is 0 Å². The molecule has 1 aromatic carbocycles. The predicted molar refractivity (Wildman–Crippen MR) is 120 cm³/mol. The molecule has 1 aromatic heterocycles. The number of nitrogens with zero attached hydrogens (tertiary/aromatic N) is 2. The van der Waals surface area contributed by atoms with Gasteiger partial charge in [-0.25, -0.2) is 4.79 Å². The molecule has 1 saturated heterocycles. The van der Waals surface area contributed by atoms with Crippen LogP contribution >= 0.6 is 0 Å². The summed E-state index contributed by atoms with van der Waals surface area (Å²) in [6.07, 6.45) is -2.53. The minimum absolute atomic E-state index is 0.0699. The Morgan fingerprint density at radius 3 is 2.34 bits per heavy atom. The fourth-order valence-electron chi connectivity index (χ4n) is 3.55. The zero-order valence-electron chi connectivity index (χ0n) is 19.8. The van der Waals surface area contributed by atoms with Crippen LogP contribution in [0.2, 0.25) is 0 Å². The Morgan fingerprint density at radius 1 is 1.06 bits per heavy atom. The van der Waals surface area contributed by atoms with E-state index in [1.807, 2.05) is 0 Å². The molecule has 0 radical (unpaired) electrons. The fourth-order valence-corrected chi connectivity index (χ4v) is 3.55. The molecule has 0 saturated carbocycles. The average Bonchev–Trinajstić information content (AvgIpc) is 3.12. The maximum absolute atomic E-state index is 12.8. The number of nitrogens with one attached hydrogen (secondary N) is 1. The van der Waals surface area contributed by atoms with Crippen molar-refractivity contribution in [3.63, 3.8) is 0 Å². The van der Waals surface area contributed by atoms with Crippen LogP contribution in [0, 0.1) is 0 Å². The highest BCUT2D eigenvalue weighted by atomic mass is 16.6. The van der Waals surface area contributed by atoms with Gasteiger partial charge in [0.05, 0.1) is 13.7 Å². The molecule has 1 aliphatic rings. The zero-order chi connectivity index (χ0) is 25.5. The number of methoxy groups -OCH3 is 1. The van der Waals surface area contributed by atoms with Crippen LogP contribution in [0.4, 0.5) is 5.82 Å². The molecule has 0 aliphatic carbocycles. The van der Waals surface area contributed by atoms with Crippen LogP contribution < -0.4 is 15.7 Å². The van der Waals surface area contributed by atoms with Gasteiger partial charge < -0.3 is 29.0 Å². The summed E-state index contributed by atoms with van der Waals surface area (Å²) < 4.78 is 28.9. The van der Waals surface area contributed by atoms with Crippen molar-refractivity contribution in [3.05, 3.63) is 52.6 Å². The molecule has 0 bridgehead atoms. The third-order valence-corrected chi connectivity index (χ3v) is 5.05. The van der Waals surface area contributed by atoms with Gasteiger partial charge in [-0.2, -0.15) is 4.98 Å². The molecule has 3 rings (SSSR count). The first-order valence-electron chi connectivity index (χ1n) is 10.7. The number of amides is 1. The lowest BCUT2D eigenvalue weighted by Crippen LogP contribution is -2.41. The molecule has 2 heterocycles. The highest BCUT2D eigenvalue weighted by Gasteiger charge is 2.49. The van der Waals surface area contributed by atoms with Gasteiger partial charge in [-0.15, -0.1) is 0 Å². The Bertz CT molecular complexity index is 1120. The SMILES string of the molecule is COc1ccc(CO[C@@H]2[C@H](OC(C)=O)[C@@H](COC(C)=O)O[C@H]2n2ccc(NC(C)=O)nc2=O)cc1. The number of rotatable bonds is 9. The van der Waals surface area contributed by atoms with Crippen molar-refractivity contribution < 1.29 is 38.1 Å². The van der Waals surface area contributed by atoms with Gasteiger partial charge in [0.1, 0.15) is 30.4 Å². The Morgan fingerprint density at radius 2 is 1.77 bits per heavy atom. The van der Waals surface area contributed by atoms with Crippen molar-refractivity contribution in [2.45, 2.75) is 51.9 Å². The van der Waals surface area contributed by atoms with Gasteiger partial charge in [0.15, 0.2) is 12.3 Å². The van der Waals surface area contributed by atoms with Gasteiger partial charge in [0, 0.05) is 27.0 Å². The third kappa shape index (κ3) is 6.87. The monoisotopic (exact) mass is 489 g/mol. The fraction of sp³-hybridized carbons (Fsp3) is 0.435. The molecular weight excluding hydrogens is 462 g/mol. The second kappa shape index (κ2) is 11.6. The quantitative estimate of drug-likeness (QED) is 0.510. The van der Waals surface area contributed by atoms with E-state index in [9.17, 15) is 19.2 Å². The standard InChI is InChI=1S/C23H27N3O9/c1-13(27)24-19-9-10-26(23(30)25-19)22-21(33-11-16-5-7-17(31-4)8-6-16)20(34-15(3)29)18(35-22)12-32-14(2)28/h5-10,18,20-22H,11-12H2,1-4H3,(H,24,25,27,30)/t18-,20-,21-,22-/m1/s1. The molecule has 35 heavy (non-hydrogen) atoms. The number of hydrogen-bond donors (Lipinski definition) is 1. The van der Waals surface area contributed by atoms with E-state index in [0.29, 0.717) is 5.75 Å². The molecule has 4 atom stereocenters. The van der Waals surface area contributed by atoms with Gasteiger partial charge in [-0.1, -0.05) is 12.1 Å². The lowest BCUT2D eigenvalue weighted by atomic mass is 10.1. The van der Waals surface area contributed by atoms with Crippen LogP contribution in [0.25, 0.3) is 0 Å². The van der Waals surface area contributed by atoms with Crippen molar-refractivity contribution >= 4 is 23.7 Å². The Kier molecular flexibility index (Phi) is 8.55. The van der Waals surface area contributed by atoms with Crippen LogP contribution in [0.15, 0.2) is 41.3 Å². The molecule has 12 nitrogen and oxygen atoms in total. The Balaban J connectivity index is 1.92. The number of ether oxygens (including phenoxy) is 5. The average molecular weight is 489 g/mol. The van der Waals surface area contributed by atoms with E-state index in [1.165, 1.54) is 33.0 Å². The third-order valence-electron chi connectivity index (χ3n) is 5.05. The Hall–Kier alpha value is -3.77. The number of carbonyl (C=O) groups excluding carboxylic acids is 3. The van der Waals surface area contributed by atoms with Crippen LogP contribution in [0.3, 0.4) is 0 Å². The lowest BCUT2D eigenvalue weighted by Gasteiger charge is -2.24. The van der Waals surface area contributed by atoms with Gasteiger partial charge in [0.2, 0.25) is 5.91 Å². The minimum Gasteiger partial charge on any atom is -0.497 e. The van der Waals surface area contributed by atoms with Crippen LogP contribution in [0.1, 0.15) is 32.6 Å². The van der Waals surface area contributed by atoms with Gasteiger partial charge in [-0.05, 0) is 23.8 Å². The molecule has 1 aliphatic heterocycles. The molecule has 0 spiro atoms. The molecule has 1 fully saturated rings. The number of carbonyl (C=O) groups is 3. The van der Waals surface area contributed by atoms with Gasteiger partial charge >= 0.3 is 17.6 Å². The smallest absolute Gasteiger partial charge is 0.351 e. The number of hydrogen-bond acceptors (Lipinski definition) is 10. The summed E-state index contributed by atoms with van der Waals surface area (Å²) in [6.45, 7) is 3.63. The molecule has 1 N–H and O–H groups in total. The van der Waals surface area contributed by atoms with E-state index in [0.717, 1.165) is 10.1 Å². The summed E-state index contributed by atoms with van der Waals surface area (Å²) in [5.74, 6) is -0.791. The second-order valence-corrected chi connectivity index (χ2v) is 7.75. The predicted octanol–water partition coefficient (Wildman–Crippen LogP) is 1.19. The first-order valence-corrected chi connectivity index (χ1v) is 10.7. The molecule has 12 heteroatoms. The molecule has 2 aromatic rings. The van der Waals surface area contributed by atoms with E-state index in [2.05, 4.69) is 10.3 Å². The number of aromatic nitrogens is 2. The van der Waals surface area contributed by atoms with E-state index < -0.39 is 42.2 Å². The van der Waals surface area contributed by atoms with Crippen molar-refractivity contribution in [2.75, 3.05) is 19.0 Å². The number of anilines is 1. The topological polar surface area (TPSA) is 144 Å². The first-order chi connectivity index (χ1) is 16.7. The number of esters is 2. The highest BCUT2D eigenvalue weighted by molar-refractivity contribution is 5.87. The van der Waals surface area contributed by atoms with Crippen LogP contribution in [-0.4, -0.2) is 59.4 Å². The normalized spacial score (nSPS) is 21.3. The molecule has 188 valence electrons. The molecular formula is C23H27N3O9. The van der Waals surface area contributed by atoms with E-state index in [-0.39, 0.29) is 24.9 Å². The summed E-state index contributed by atoms with van der Waals surface area (Å²) in [4.78, 5) is 51.1. The molecule has 0 unspecified atom stereocenters. The van der Waals surface area contributed by atoms with Crippen molar-refractivity contribution in [2.24, 2.45) is 0 Å². The van der Waals surface area contributed by atoms with Crippen molar-refractivity contribution in [3.8, 4) is 5.75 Å². The summed E-state index contributed by atoms with van der Waals surface area (Å²) in [5, 5.41) is 2.43. The second-order valence-electron chi connectivity index (χ2n) is 7.75. The van der Waals surface area contributed by atoms with E-state index in [1.54, 1.807) is 31.4 Å². The summed E-state index contributed by atoms with van der Waals surface area (Å²) >= 11 is 0. The molecule has 1 amide bonds. The first kappa shape index (κ1) is 25.8. The number of benzene rings is 1. The van der Waals surface area contributed by atoms with Gasteiger partial charge in [-0.3, -0.25) is 19.0 Å². The largest absolute Gasteiger partial charge is 0.497 e. The minimum atomic E-state index is -1.07. The summed E-state index contributed by atoms with van der Waals surface area (Å²) in [6, 6.07) is 8.56. The van der Waals surface area contributed by atoms with Crippen molar-refractivity contribution in [1.29, 1.82) is 0 Å². The van der Waals surface area contributed by atoms with Crippen molar-refractivity contribution in [1.82, 2.24) is 9.55 Å². The summed E-state index contributed by atoms with van der Waals surface area (Å²) in [5.41, 5.74) is 0.0649. The Labute approximate surface area is 201 Å². The van der Waals surface area contributed by atoms with E-state index >= 15 is 0 Å². The van der Waals surface area contributed by atoms with Crippen LogP contribution in [-0.2, 0) is 39.9 Å². The maximum Gasteiger partial charge on any atom is 0.351 e. The zero-order valence-corrected chi connectivity index (χ0v) is 19.8. The highest BCUT2D eigenvalue weighted by Crippen LogP contribution is 2.34. The lowest BCUT2D eigenvalue weighted by molar-refractivity contribution is -0.159. The summed E-state index contributed by atoms with van der Waals surface area (Å²) in [7, 11) is 1.56. The van der Waals surface area contributed by atoms with E-state index in [4.69, 9.17) is 23.7 Å².